The van der Waals surface area contributed by atoms with E-state index in [2.05, 4.69) is 5.32 Å². The number of amides is 1. The number of carbonyl (C=O) groups excluding carboxylic acids is 1. The first kappa shape index (κ1) is 20.6. The summed E-state index contributed by atoms with van der Waals surface area (Å²) < 4.78 is 27.9. The summed E-state index contributed by atoms with van der Waals surface area (Å²) in [6, 6.07) is 14.2. The van der Waals surface area contributed by atoms with E-state index in [0.717, 1.165) is 5.56 Å². The SMILES string of the molecule is COP(=O)(OC)C(NC(=O)OCc1ccccc1)c1ccc([N+](=O)[O-])cc1. The van der Waals surface area contributed by atoms with Crippen LogP contribution in [0.3, 0.4) is 0 Å². The first-order chi connectivity index (χ1) is 12.9. The molecule has 0 aliphatic heterocycles. The highest BCUT2D eigenvalue weighted by Crippen LogP contribution is 2.58. The van der Waals surface area contributed by atoms with Crippen molar-refractivity contribution in [1.29, 1.82) is 0 Å². The molecule has 144 valence electrons. The van der Waals surface area contributed by atoms with Crippen molar-refractivity contribution in [2.75, 3.05) is 14.2 Å². The first-order valence-electron chi connectivity index (χ1n) is 7.82. The molecule has 1 unspecified atom stereocenters. The summed E-state index contributed by atoms with van der Waals surface area (Å²) in [4.78, 5) is 22.4. The molecule has 1 N–H and O–H groups in total. The summed E-state index contributed by atoms with van der Waals surface area (Å²) in [6.45, 7) is 0.0178. The average molecular weight is 394 g/mol. The number of hydrogen-bond donors (Lipinski definition) is 1. The number of benzene rings is 2. The number of ether oxygens (including phenoxy) is 1. The standard InChI is InChI=1S/C17H19N2O7P/c1-24-27(23,25-2)16(14-8-10-15(11-9-14)19(21)22)18-17(20)26-12-13-6-4-3-5-7-13/h3-11,16H,12H2,1-2H3,(H,18,20). The molecule has 9 nitrogen and oxygen atoms in total. The summed E-state index contributed by atoms with van der Waals surface area (Å²) in [5.74, 6) is -1.20. The summed E-state index contributed by atoms with van der Waals surface area (Å²) >= 11 is 0. The van der Waals surface area contributed by atoms with Crippen LogP contribution in [0.25, 0.3) is 0 Å². The Morgan fingerprint density at radius 3 is 2.22 bits per heavy atom. The van der Waals surface area contributed by atoms with Gasteiger partial charge in [0.25, 0.3) is 5.69 Å². The Kier molecular flexibility index (Phi) is 7.06. The molecule has 0 aromatic heterocycles. The second kappa shape index (κ2) is 9.27. The number of alkyl carbamates (subject to hydrolysis) is 1. The van der Waals surface area contributed by atoms with E-state index in [-0.39, 0.29) is 12.3 Å². The number of nitrogens with one attached hydrogen (secondary N) is 1. The van der Waals surface area contributed by atoms with Crippen LogP contribution < -0.4 is 5.32 Å². The normalized spacial score (nSPS) is 12.2. The van der Waals surface area contributed by atoms with Crippen LogP contribution in [0.15, 0.2) is 54.6 Å². The number of nitro benzene ring substituents is 1. The maximum absolute atomic E-state index is 12.8. The molecule has 0 aliphatic carbocycles. The molecule has 0 bridgehead atoms. The van der Waals surface area contributed by atoms with Crippen molar-refractivity contribution < 1.29 is 28.1 Å². The average Bonchev–Trinajstić information content (AvgIpc) is 2.70. The second-order valence-corrected chi connectivity index (χ2v) is 7.69. The molecule has 0 heterocycles. The van der Waals surface area contributed by atoms with Crippen LogP contribution in [0.2, 0.25) is 0 Å². The zero-order valence-electron chi connectivity index (χ0n) is 14.7. The fourth-order valence-corrected chi connectivity index (χ4v) is 3.66. The third-order valence-corrected chi connectivity index (χ3v) is 5.79. The van der Waals surface area contributed by atoms with E-state index in [1.54, 1.807) is 24.3 Å². The van der Waals surface area contributed by atoms with Gasteiger partial charge in [-0.25, -0.2) is 4.79 Å². The molecule has 27 heavy (non-hydrogen) atoms. The highest BCUT2D eigenvalue weighted by atomic mass is 31.2. The number of nitrogens with zero attached hydrogens (tertiary/aromatic N) is 1. The molecular weight excluding hydrogens is 375 g/mol. The van der Waals surface area contributed by atoms with Crippen LogP contribution in [-0.2, 0) is 25.0 Å². The van der Waals surface area contributed by atoms with Gasteiger partial charge in [-0.1, -0.05) is 30.3 Å². The van der Waals surface area contributed by atoms with Crippen molar-refractivity contribution in [2.45, 2.75) is 12.4 Å². The lowest BCUT2D eigenvalue weighted by Crippen LogP contribution is -2.29. The lowest BCUT2D eigenvalue weighted by Gasteiger charge is -2.25. The predicted molar refractivity (Wildman–Crippen MR) is 97.2 cm³/mol. The maximum Gasteiger partial charge on any atom is 0.408 e. The van der Waals surface area contributed by atoms with Gasteiger partial charge < -0.3 is 19.1 Å². The van der Waals surface area contributed by atoms with Crippen LogP contribution in [-0.4, -0.2) is 25.2 Å². The van der Waals surface area contributed by atoms with Gasteiger partial charge in [-0.2, -0.15) is 0 Å². The molecule has 1 atom stereocenters. The minimum Gasteiger partial charge on any atom is -0.445 e. The number of non-ortho nitro benzene ring substituents is 1. The van der Waals surface area contributed by atoms with Crippen LogP contribution in [0.5, 0.6) is 0 Å². The molecule has 2 aromatic rings. The Morgan fingerprint density at radius 1 is 1.11 bits per heavy atom. The van der Waals surface area contributed by atoms with Crippen molar-refractivity contribution in [1.82, 2.24) is 5.32 Å². The van der Waals surface area contributed by atoms with Crippen molar-refractivity contribution in [3.8, 4) is 0 Å². The Labute approximate surface area is 155 Å². The lowest BCUT2D eigenvalue weighted by atomic mass is 10.2. The zero-order valence-corrected chi connectivity index (χ0v) is 15.6. The van der Waals surface area contributed by atoms with Gasteiger partial charge >= 0.3 is 13.7 Å². The lowest BCUT2D eigenvalue weighted by molar-refractivity contribution is -0.384. The van der Waals surface area contributed by atoms with E-state index in [4.69, 9.17) is 13.8 Å². The molecule has 0 aliphatic rings. The summed E-state index contributed by atoms with van der Waals surface area (Å²) in [5, 5.41) is 13.3. The fourth-order valence-electron chi connectivity index (χ4n) is 2.29. The van der Waals surface area contributed by atoms with E-state index >= 15 is 0 Å². The number of nitro groups is 1. The predicted octanol–water partition coefficient (Wildman–Crippen LogP) is 4.01. The van der Waals surface area contributed by atoms with Crippen LogP contribution in [0.4, 0.5) is 10.5 Å². The number of rotatable bonds is 8. The van der Waals surface area contributed by atoms with E-state index in [1.807, 2.05) is 6.07 Å². The van der Waals surface area contributed by atoms with Gasteiger partial charge in [-0.15, -0.1) is 0 Å². The fraction of sp³-hybridized carbons (Fsp3) is 0.235. The maximum atomic E-state index is 12.8. The molecule has 0 radical (unpaired) electrons. The van der Waals surface area contributed by atoms with E-state index in [9.17, 15) is 19.5 Å². The molecular formula is C17H19N2O7P. The zero-order chi connectivity index (χ0) is 19.9. The van der Waals surface area contributed by atoms with Gasteiger partial charge in [0.15, 0.2) is 5.78 Å². The highest BCUT2D eigenvalue weighted by molar-refractivity contribution is 7.54. The Hall–Kier alpha value is -2.74. The Balaban J connectivity index is 2.18. The monoisotopic (exact) mass is 394 g/mol. The van der Waals surface area contributed by atoms with Crippen molar-refractivity contribution in [3.63, 3.8) is 0 Å². The first-order valence-corrected chi connectivity index (χ1v) is 9.43. The van der Waals surface area contributed by atoms with Gasteiger partial charge in [-0.3, -0.25) is 14.7 Å². The van der Waals surface area contributed by atoms with Gasteiger partial charge in [0, 0.05) is 26.4 Å². The highest BCUT2D eigenvalue weighted by Gasteiger charge is 2.37. The largest absolute Gasteiger partial charge is 0.445 e. The number of hydrogen-bond acceptors (Lipinski definition) is 7. The molecule has 0 saturated heterocycles. The molecule has 0 fully saturated rings. The van der Waals surface area contributed by atoms with E-state index in [0.29, 0.717) is 5.56 Å². The van der Waals surface area contributed by atoms with Crippen molar-refractivity contribution >= 4 is 19.4 Å². The van der Waals surface area contributed by atoms with E-state index < -0.39 is 24.4 Å². The quantitative estimate of drug-likeness (QED) is 0.408. The van der Waals surface area contributed by atoms with Crippen LogP contribution >= 0.6 is 7.60 Å². The van der Waals surface area contributed by atoms with Gasteiger partial charge in [-0.05, 0) is 23.3 Å². The molecule has 10 heteroatoms. The minimum absolute atomic E-state index is 0.0178. The Morgan fingerprint density at radius 2 is 1.70 bits per heavy atom. The molecule has 0 saturated carbocycles. The summed E-state index contributed by atoms with van der Waals surface area (Å²) in [5.41, 5.74) is 0.944. The summed E-state index contributed by atoms with van der Waals surface area (Å²) in [6.07, 6.45) is -0.837. The van der Waals surface area contributed by atoms with Crippen LogP contribution in [0, 0.1) is 10.1 Å². The number of carbonyl (C=O) groups is 1. The second-order valence-electron chi connectivity index (χ2n) is 5.36. The van der Waals surface area contributed by atoms with E-state index in [1.165, 1.54) is 38.5 Å². The third-order valence-electron chi connectivity index (χ3n) is 3.71. The molecule has 2 aromatic carbocycles. The molecule has 0 spiro atoms. The van der Waals surface area contributed by atoms with Crippen molar-refractivity contribution in [3.05, 3.63) is 75.8 Å². The summed E-state index contributed by atoms with van der Waals surface area (Å²) in [7, 11) is -1.42. The topological polar surface area (TPSA) is 117 Å². The van der Waals surface area contributed by atoms with Gasteiger partial charge in [0.1, 0.15) is 6.61 Å². The smallest absolute Gasteiger partial charge is 0.408 e. The van der Waals surface area contributed by atoms with Gasteiger partial charge in [0.2, 0.25) is 0 Å². The Bertz CT molecular complexity index is 819. The van der Waals surface area contributed by atoms with Gasteiger partial charge in [0.05, 0.1) is 4.92 Å². The molecule has 2 rings (SSSR count). The minimum atomic E-state index is -3.78. The van der Waals surface area contributed by atoms with Crippen molar-refractivity contribution in [2.24, 2.45) is 0 Å². The van der Waals surface area contributed by atoms with Crippen LogP contribution in [0.1, 0.15) is 16.9 Å². The third kappa shape index (κ3) is 5.37. The molecule has 1 amide bonds.